The van der Waals surface area contributed by atoms with Gasteiger partial charge in [0.05, 0.1) is 16.8 Å². The summed E-state index contributed by atoms with van der Waals surface area (Å²) in [6, 6.07) is 18.9. The van der Waals surface area contributed by atoms with E-state index >= 15 is 0 Å². The molecule has 0 unspecified atom stereocenters. The van der Waals surface area contributed by atoms with E-state index in [4.69, 9.17) is 10.1 Å². The SMILES string of the molecule is Cc1nn(-c2ccccc2)c2nc3c(c(-c4ccc(Br)cc4)c12)CCC3. The van der Waals surface area contributed by atoms with Crippen molar-refractivity contribution in [2.24, 2.45) is 0 Å². The summed E-state index contributed by atoms with van der Waals surface area (Å²) in [5, 5.41) is 6.03. The quantitative estimate of drug-likeness (QED) is 0.433. The molecule has 0 saturated heterocycles. The number of rotatable bonds is 2. The van der Waals surface area contributed by atoms with Gasteiger partial charge >= 0.3 is 0 Å². The highest BCUT2D eigenvalue weighted by Gasteiger charge is 2.24. The summed E-state index contributed by atoms with van der Waals surface area (Å²) in [5.41, 5.74) is 8.24. The van der Waals surface area contributed by atoms with Gasteiger partial charge in [-0.05, 0) is 67.1 Å². The number of hydrogen-bond donors (Lipinski definition) is 0. The first-order valence-corrected chi connectivity index (χ1v) is 9.74. The van der Waals surface area contributed by atoms with Crippen LogP contribution in [0.15, 0.2) is 59.1 Å². The van der Waals surface area contributed by atoms with E-state index < -0.39 is 0 Å². The van der Waals surface area contributed by atoms with E-state index in [1.54, 1.807) is 0 Å². The van der Waals surface area contributed by atoms with Crippen molar-refractivity contribution in [3.8, 4) is 16.8 Å². The van der Waals surface area contributed by atoms with Crippen molar-refractivity contribution in [1.82, 2.24) is 14.8 Å². The predicted molar refractivity (Wildman–Crippen MR) is 109 cm³/mol. The van der Waals surface area contributed by atoms with Crippen molar-refractivity contribution in [3.05, 3.63) is 76.0 Å². The number of nitrogens with zero attached hydrogens (tertiary/aromatic N) is 3. The second kappa shape index (κ2) is 6.06. The van der Waals surface area contributed by atoms with Crippen molar-refractivity contribution in [2.75, 3.05) is 0 Å². The third kappa shape index (κ3) is 2.40. The summed E-state index contributed by atoms with van der Waals surface area (Å²) in [4.78, 5) is 5.05. The summed E-state index contributed by atoms with van der Waals surface area (Å²) >= 11 is 3.55. The molecule has 0 amide bonds. The lowest BCUT2D eigenvalue weighted by atomic mass is 9.95. The monoisotopic (exact) mass is 403 g/mol. The Morgan fingerprint density at radius 3 is 2.50 bits per heavy atom. The number of aromatic nitrogens is 3. The Balaban J connectivity index is 1.87. The molecule has 0 N–H and O–H groups in total. The molecular formula is C22H18BrN3. The van der Waals surface area contributed by atoms with Gasteiger partial charge in [-0.3, -0.25) is 0 Å². The fourth-order valence-electron chi connectivity index (χ4n) is 3.99. The van der Waals surface area contributed by atoms with Gasteiger partial charge in [-0.25, -0.2) is 9.67 Å². The predicted octanol–water partition coefficient (Wildman–Crippen LogP) is 5.65. The third-order valence-electron chi connectivity index (χ3n) is 5.15. The van der Waals surface area contributed by atoms with Crippen LogP contribution < -0.4 is 0 Å². The van der Waals surface area contributed by atoms with Gasteiger partial charge in [-0.15, -0.1) is 0 Å². The molecule has 0 saturated carbocycles. The summed E-state index contributed by atoms with van der Waals surface area (Å²) in [6.45, 7) is 2.09. The molecular weight excluding hydrogens is 386 g/mol. The zero-order chi connectivity index (χ0) is 17.7. The first-order valence-electron chi connectivity index (χ1n) is 8.95. The van der Waals surface area contributed by atoms with Crippen LogP contribution in [0, 0.1) is 6.92 Å². The van der Waals surface area contributed by atoms with Crippen LogP contribution in [0.2, 0.25) is 0 Å². The van der Waals surface area contributed by atoms with Gasteiger partial charge in [-0.1, -0.05) is 46.3 Å². The number of para-hydroxylation sites is 1. The second-order valence-corrected chi connectivity index (χ2v) is 7.72. The lowest BCUT2D eigenvalue weighted by Gasteiger charge is -2.12. The molecule has 4 aromatic rings. The summed E-state index contributed by atoms with van der Waals surface area (Å²) < 4.78 is 3.09. The Labute approximate surface area is 160 Å². The summed E-state index contributed by atoms with van der Waals surface area (Å²) in [7, 11) is 0. The van der Waals surface area contributed by atoms with Gasteiger partial charge in [0, 0.05) is 10.2 Å². The molecule has 0 atom stereocenters. The van der Waals surface area contributed by atoms with Crippen molar-refractivity contribution in [2.45, 2.75) is 26.2 Å². The average molecular weight is 404 g/mol. The van der Waals surface area contributed by atoms with E-state index in [2.05, 4.69) is 59.3 Å². The molecule has 1 aliphatic rings. The van der Waals surface area contributed by atoms with Gasteiger partial charge in [0.2, 0.25) is 0 Å². The van der Waals surface area contributed by atoms with Crippen LogP contribution in [-0.2, 0) is 12.8 Å². The first kappa shape index (κ1) is 15.8. The van der Waals surface area contributed by atoms with E-state index in [-0.39, 0.29) is 0 Å². The van der Waals surface area contributed by atoms with E-state index in [1.807, 2.05) is 22.9 Å². The normalized spacial score (nSPS) is 13.3. The van der Waals surface area contributed by atoms with Crippen molar-refractivity contribution < 1.29 is 0 Å². The number of aryl methyl sites for hydroxylation is 2. The molecule has 0 radical (unpaired) electrons. The minimum absolute atomic E-state index is 0.965. The first-order chi connectivity index (χ1) is 12.7. The van der Waals surface area contributed by atoms with Crippen LogP contribution in [0.1, 0.15) is 23.4 Å². The Morgan fingerprint density at radius 1 is 0.962 bits per heavy atom. The highest BCUT2D eigenvalue weighted by molar-refractivity contribution is 9.10. The Bertz CT molecular complexity index is 1110. The number of pyridine rings is 1. The maximum atomic E-state index is 5.05. The summed E-state index contributed by atoms with van der Waals surface area (Å²) in [5.74, 6) is 0. The molecule has 2 aromatic heterocycles. The van der Waals surface area contributed by atoms with Gasteiger partial charge in [0.25, 0.3) is 0 Å². The largest absolute Gasteiger partial charge is 0.233 e. The molecule has 0 aliphatic heterocycles. The van der Waals surface area contributed by atoms with Crippen molar-refractivity contribution >= 4 is 27.0 Å². The minimum Gasteiger partial charge on any atom is -0.233 e. The average Bonchev–Trinajstić information content (AvgIpc) is 3.26. The van der Waals surface area contributed by atoms with Crippen LogP contribution in [-0.4, -0.2) is 14.8 Å². The Morgan fingerprint density at radius 2 is 1.73 bits per heavy atom. The molecule has 3 nitrogen and oxygen atoms in total. The molecule has 0 fully saturated rings. The van der Waals surface area contributed by atoms with E-state index in [0.717, 1.165) is 34.3 Å². The van der Waals surface area contributed by atoms with Gasteiger partial charge in [-0.2, -0.15) is 5.10 Å². The lowest BCUT2D eigenvalue weighted by Crippen LogP contribution is -2.00. The van der Waals surface area contributed by atoms with Crippen molar-refractivity contribution in [1.29, 1.82) is 0 Å². The minimum atomic E-state index is 0.965. The smallest absolute Gasteiger partial charge is 0.164 e. The second-order valence-electron chi connectivity index (χ2n) is 6.80. The Hall–Kier alpha value is -2.46. The topological polar surface area (TPSA) is 30.7 Å². The molecule has 26 heavy (non-hydrogen) atoms. The number of benzene rings is 2. The summed E-state index contributed by atoms with van der Waals surface area (Å²) in [6.07, 6.45) is 3.32. The molecule has 0 bridgehead atoms. The highest BCUT2D eigenvalue weighted by atomic mass is 79.9. The van der Waals surface area contributed by atoms with Gasteiger partial charge in [0.1, 0.15) is 0 Å². The Kier molecular flexibility index (Phi) is 3.68. The molecule has 128 valence electrons. The molecule has 5 rings (SSSR count). The molecule has 2 aromatic carbocycles. The number of halogens is 1. The van der Waals surface area contributed by atoms with Crippen LogP contribution in [0.4, 0.5) is 0 Å². The molecule has 4 heteroatoms. The maximum Gasteiger partial charge on any atom is 0.164 e. The van der Waals surface area contributed by atoms with Crippen molar-refractivity contribution in [3.63, 3.8) is 0 Å². The fourth-order valence-corrected chi connectivity index (χ4v) is 4.26. The zero-order valence-electron chi connectivity index (χ0n) is 14.5. The molecule has 1 aliphatic carbocycles. The highest BCUT2D eigenvalue weighted by Crippen LogP contribution is 2.39. The standard InChI is InChI=1S/C22H18BrN3/c1-14-20-21(15-10-12-16(23)13-11-15)18-8-5-9-19(18)24-22(20)26(25-14)17-6-3-2-4-7-17/h2-4,6-7,10-13H,5,8-9H2,1H3. The zero-order valence-corrected chi connectivity index (χ0v) is 16.1. The molecule has 2 heterocycles. The van der Waals surface area contributed by atoms with Crippen LogP contribution in [0.25, 0.3) is 27.8 Å². The van der Waals surface area contributed by atoms with Gasteiger partial charge in [0.15, 0.2) is 5.65 Å². The fraction of sp³-hybridized carbons (Fsp3) is 0.182. The van der Waals surface area contributed by atoms with Crippen LogP contribution in [0.5, 0.6) is 0 Å². The van der Waals surface area contributed by atoms with Crippen LogP contribution >= 0.6 is 15.9 Å². The third-order valence-corrected chi connectivity index (χ3v) is 5.68. The van der Waals surface area contributed by atoms with E-state index in [9.17, 15) is 0 Å². The molecule has 0 spiro atoms. The number of fused-ring (bicyclic) bond motifs is 2. The van der Waals surface area contributed by atoms with E-state index in [1.165, 1.54) is 34.2 Å². The number of hydrogen-bond acceptors (Lipinski definition) is 2. The van der Waals surface area contributed by atoms with E-state index in [0.29, 0.717) is 0 Å². The maximum absolute atomic E-state index is 5.05. The van der Waals surface area contributed by atoms with Gasteiger partial charge < -0.3 is 0 Å². The lowest BCUT2D eigenvalue weighted by molar-refractivity contribution is 0.866. The van der Waals surface area contributed by atoms with Crippen LogP contribution in [0.3, 0.4) is 0 Å².